The molecule has 1 aromatic carbocycles. The normalized spacial score (nSPS) is 23.1. The monoisotopic (exact) mass is 372 g/mol. The van der Waals surface area contributed by atoms with Crippen molar-refractivity contribution >= 4 is 22.9 Å². The van der Waals surface area contributed by atoms with Gasteiger partial charge in [0.1, 0.15) is 0 Å². The lowest BCUT2D eigenvalue weighted by molar-refractivity contribution is -0.145. The number of aliphatic hydroxyl groups excluding tert-OH is 1. The molecule has 2 aromatic rings. The Morgan fingerprint density at radius 1 is 1.22 bits per heavy atom. The molecule has 1 spiro atoms. The van der Waals surface area contributed by atoms with Gasteiger partial charge in [0.05, 0.1) is 29.7 Å². The van der Waals surface area contributed by atoms with Gasteiger partial charge in [0, 0.05) is 39.8 Å². The third-order valence-electron chi connectivity index (χ3n) is 5.98. The number of carbonyl (C=O) groups excluding carboxylic acids is 1. The average Bonchev–Trinajstić information content (AvgIpc) is 3.26. The lowest BCUT2D eigenvalue weighted by Crippen LogP contribution is -2.51. The van der Waals surface area contributed by atoms with Crippen LogP contribution in [0.4, 0.5) is 5.95 Å². The maximum Gasteiger partial charge on any atom is 0.230 e. The van der Waals surface area contributed by atoms with E-state index in [0.717, 1.165) is 49.3 Å². The van der Waals surface area contributed by atoms with Crippen LogP contribution in [-0.4, -0.2) is 72.0 Å². The second kappa shape index (κ2) is 7.48. The predicted molar refractivity (Wildman–Crippen MR) is 104 cm³/mol. The molecule has 146 valence electrons. The van der Waals surface area contributed by atoms with Crippen LogP contribution in [0.25, 0.3) is 11.0 Å². The van der Waals surface area contributed by atoms with Crippen LogP contribution in [0.2, 0.25) is 0 Å². The van der Waals surface area contributed by atoms with Crippen molar-refractivity contribution in [1.29, 1.82) is 0 Å². The van der Waals surface area contributed by atoms with Crippen molar-refractivity contribution in [2.24, 2.45) is 5.41 Å². The molecular formula is C20H28N4O3. The standard InChI is InChI=1S/C20H28N4O3/c1-27-14-12-22-9-4-7-20(18(22)26)8-10-23(15-20)19-21-16-5-2-3-6-17(16)24(19)11-13-25/h2-3,5-6,25H,4,7-15H2,1H3. The summed E-state index contributed by atoms with van der Waals surface area (Å²) in [6.07, 6.45) is 2.83. The number of para-hydroxylation sites is 2. The Balaban J connectivity index is 1.60. The molecule has 2 fully saturated rings. The fraction of sp³-hybridized carbons (Fsp3) is 0.600. The highest BCUT2D eigenvalue weighted by Crippen LogP contribution is 2.41. The first kappa shape index (κ1) is 18.3. The molecule has 1 N–H and O–H groups in total. The summed E-state index contributed by atoms with van der Waals surface area (Å²) in [5.41, 5.74) is 1.64. The Hall–Kier alpha value is -2.12. The van der Waals surface area contributed by atoms with E-state index in [1.807, 2.05) is 29.2 Å². The van der Waals surface area contributed by atoms with Crippen LogP contribution < -0.4 is 4.90 Å². The van der Waals surface area contributed by atoms with E-state index in [0.29, 0.717) is 26.2 Å². The van der Waals surface area contributed by atoms with Crippen molar-refractivity contribution < 1.29 is 14.6 Å². The number of imidazole rings is 1. The molecule has 2 aliphatic heterocycles. The molecule has 0 bridgehead atoms. The lowest BCUT2D eigenvalue weighted by atomic mass is 9.78. The van der Waals surface area contributed by atoms with E-state index < -0.39 is 0 Å². The quantitative estimate of drug-likeness (QED) is 0.832. The minimum Gasteiger partial charge on any atom is -0.395 e. The first-order valence-electron chi connectivity index (χ1n) is 9.78. The van der Waals surface area contributed by atoms with Gasteiger partial charge >= 0.3 is 0 Å². The first-order valence-corrected chi connectivity index (χ1v) is 9.78. The van der Waals surface area contributed by atoms with E-state index in [-0.39, 0.29) is 17.9 Å². The smallest absolute Gasteiger partial charge is 0.230 e. The summed E-state index contributed by atoms with van der Waals surface area (Å²) < 4.78 is 7.24. The molecule has 7 nitrogen and oxygen atoms in total. The summed E-state index contributed by atoms with van der Waals surface area (Å²) in [5.74, 6) is 1.13. The Kier molecular flexibility index (Phi) is 5.06. The van der Waals surface area contributed by atoms with Crippen LogP contribution in [0.15, 0.2) is 24.3 Å². The molecule has 1 amide bonds. The number of methoxy groups -OCH3 is 1. The van der Waals surface area contributed by atoms with E-state index in [1.54, 1.807) is 7.11 Å². The molecule has 7 heteroatoms. The molecule has 2 aliphatic rings. The maximum absolute atomic E-state index is 13.2. The minimum absolute atomic E-state index is 0.0655. The number of hydrogen-bond donors (Lipinski definition) is 1. The largest absolute Gasteiger partial charge is 0.395 e. The fourth-order valence-corrected chi connectivity index (χ4v) is 4.61. The Morgan fingerprint density at radius 3 is 2.89 bits per heavy atom. The van der Waals surface area contributed by atoms with Gasteiger partial charge in [-0.15, -0.1) is 0 Å². The van der Waals surface area contributed by atoms with Crippen molar-refractivity contribution in [2.45, 2.75) is 25.8 Å². The number of anilines is 1. The van der Waals surface area contributed by atoms with Gasteiger partial charge in [-0.3, -0.25) is 4.79 Å². The zero-order chi connectivity index (χ0) is 18.9. The number of carbonyl (C=O) groups is 1. The summed E-state index contributed by atoms with van der Waals surface area (Å²) in [4.78, 5) is 22.2. The van der Waals surface area contributed by atoms with Crippen molar-refractivity contribution in [3.05, 3.63) is 24.3 Å². The molecule has 0 radical (unpaired) electrons. The zero-order valence-electron chi connectivity index (χ0n) is 15.9. The van der Waals surface area contributed by atoms with Gasteiger partial charge in [-0.25, -0.2) is 4.98 Å². The highest BCUT2D eigenvalue weighted by Gasteiger charge is 2.49. The van der Waals surface area contributed by atoms with Crippen LogP contribution in [-0.2, 0) is 16.1 Å². The summed E-state index contributed by atoms with van der Waals surface area (Å²) in [6.45, 7) is 4.16. The molecular weight excluding hydrogens is 344 g/mol. The SMILES string of the molecule is COCCN1CCCC2(CCN(c3nc4ccccc4n3CCO)C2)C1=O. The highest BCUT2D eigenvalue weighted by molar-refractivity contribution is 5.85. The third-order valence-corrected chi connectivity index (χ3v) is 5.98. The van der Waals surface area contributed by atoms with Gasteiger partial charge in [0.25, 0.3) is 0 Å². The summed E-state index contributed by atoms with van der Waals surface area (Å²) in [6, 6.07) is 8.00. The fourth-order valence-electron chi connectivity index (χ4n) is 4.61. The van der Waals surface area contributed by atoms with E-state index in [9.17, 15) is 9.90 Å². The number of hydrogen-bond acceptors (Lipinski definition) is 5. The van der Waals surface area contributed by atoms with Gasteiger partial charge in [-0.1, -0.05) is 12.1 Å². The van der Waals surface area contributed by atoms with Crippen LogP contribution in [0.5, 0.6) is 0 Å². The molecule has 1 atom stereocenters. The first-order chi connectivity index (χ1) is 13.2. The molecule has 2 saturated heterocycles. The summed E-state index contributed by atoms with van der Waals surface area (Å²) in [5, 5.41) is 9.53. The molecule has 3 heterocycles. The third kappa shape index (κ3) is 3.19. The number of piperidine rings is 1. The molecule has 0 saturated carbocycles. The number of nitrogens with zero attached hydrogens (tertiary/aromatic N) is 4. The van der Waals surface area contributed by atoms with Gasteiger partial charge in [-0.05, 0) is 31.4 Å². The molecule has 0 aliphatic carbocycles. The van der Waals surface area contributed by atoms with Crippen molar-refractivity contribution in [2.75, 3.05) is 51.4 Å². The summed E-state index contributed by atoms with van der Waals surface area (Å²) >= 11 is 0. The van der Waals surface area contributed by atoms with Crippen LogP contribution >= 0.6 is 0 Å². The molecule has 1 aromatic heterocycles. The number of aromatic nitrogens is 2. The number of aliphatic hydroxyl groups is 1. The van der Waals surface area contributed by atoms with Crippen LogP contribution in [0.1, 0.15) is 19.3 Å². The number of benzene rings is 1. The van der Waals surface area contributed by atoms with E-state index in [4.69, 9.17) is 9.72 Å². The van der Waals surface area contributed by atoms with Crippen LogP contribution in [0.3, 0.4) is 0 Å². The molecule has 4 rings (SSSR count). The predicted octanol–water partition coefficient (Wildman–Crippen LogP) is 1.49. The Labute approximate surface area is 159 Å². The zero-order valence-corrected chi connectivity index (χ0v) is 15.9. The second-order valence-electron chi connectivity index (χ2n) is 7.62. The topological polar surface area (TPSA) is 70.8 Å². The average molecular weight is 372 g/mol. The van der Waals surface area contributed by atoms with Gasteiger partial charge in [-0.2, -0.15) is 0 Å². The van der Waals surface area contributed by atoms with E-state index in [1.165, 1.54) is 0 Å². The Bertz CT molecular complexity index is 821. The number of fused-ring (bicyclic) bond motifs is 1. The molecule has 1 unspecified atom stereocenters. The second-order valence-corrected chi connectivity index (χ2v) is 7.62. The van der Waals surface area contributed by atoms with Crippen molar-refractivity contribution in [1.82, 2.24) is 14.5 Å². The van der Waals surface area contributed by atoms with Crippen LogP contribution in [0, 0.1) is 5.41 Å². The lowest BCUT2D eigenvalue weighted by Gasteiger charge is -2.39. The number of likely N-dealkylation sites (tertiary alicyclic amines) is 1. The summed E-state index contributed by atoms with van der Waals surface area (Å²) in [7, 11) is 1.67. The number of rotatable bonds is 6. The van der Waals surface area contributed by atoms with Crippen molar-refractivity contribution in [3.8, 4) is 0 Å². The highest BCUT2D eigenvalue weighted by atomic mass is 16.5. The van der Waals surface area contributed by atoms with Crippen molar-refractivity contribution in [3.63, 3.8) is 0 Å². The number of ether oxygens (including phenoxy) is 1. The number of amides is 1. The van der Waals surface area contributed by atoms with E-state index >= 15 is 0 Å². The molecule has 27 heavy (non-hydrogen) atoms. The van der Waals surface area contributed by atoms with E-state index in [2.05, 4.69) is 9.47 Å². The Morgan fingerprint density at radius 2 is 2.07 bits per heavy atom. The van der Waals surface area contributed by atoms with Gasteiger partial charge < -0.3 is 24.2 Å². The van der Waals surface area contributed by atoms with Gasteiger partial charge in [0.15, 0.2) is 0 Å². The van der Waals surface area contributed by atoms with Gasteiger partial charge in [0.2, 0.25) is 11.9 Å². The minimum atomic E-state index is -0.311. The maximum atomic E-state index is 13.2.